The van der Waals surface area contributed by atoms with Gasteiger partial charge in [-0.2, -0.15) is 4.98 Å². The fraction of sp³-hybridized carbons (Fsp3) is 0.566. The van der Waals surface area contributed by atoms with Gasteiger partial charge in [-0.1, -0.05) is 43.0 Å². The number of likely N-dealkylation sites (tertiary alicyclic amines) is 2. The third kappa shape index (κ3) is 6.32. The SMILES string of the molecule is O=C1CC[C@H](N2Cc3c(ccc4c3OCC43CCN(C4CC5(CCN(CC6CCN(c7ccc8c(c7)C7(CCCCC7)c7nc(=O)c9c(Cl)cccc9n7-8)CC6)CC5)C4)CC3)C2=O)C(=O)N1. The van der Waals surface area contributed by atoms with E-state index >= 15 is 0 Å². The average molecular weight is 911 g/mol. The number of halogens is 1. The second kappa shape index (κ2) is 15.4. The van der Waals surface area contributed by atoms with Crippen molar-refractivity contribution < 1.29 is 19.1 Å². The maximum absolute atomic E-state index is 13.5. The molecule has 4 saturated heterocycles. The molecular formula is C53H60ClN7O5. The van der Waals surface area contributed by atoms with Gasteiger partial charge in [0.2, 0.25) is 11.8 Å². The molecule has 0 radical (unpaired) electrons. The van der Waals surface area contributed by atoms with Crippen LogP contribution >= 0.6 is 11.6 Å². The molecule has 6 fully saturated rings. The van der Waals surface area contributed by atoms with Crippen molar-refractivity contribution in [3.05, 3.63) is 92.0 Å². The first kappa shape index (κ1) is 41.4. The number of nitrogens with one attached hydrogen (secondary N) is 1. The van der Waals surface area contributed by atoms with Crippen LogP contribution in [0.3, 0.4) is 0 Å². The number of fused-ring (bicyclic) bond motifs is 11. The van der Waals surface area contributed by atoms with Crippen molar-refractivity contribution in [3.8, 4) is 11.4 Å². The van der Waals surface area contributed by atoms with Gasteiger partial charge in [-0.15, -0.1) is 0 Å². The van der Waals surface area contributed by atoms with Gasteiger partial charge in [0.25, 0.3) is 11.5 Å². The zero-order valence-corrected chi connectivity index (χ0v) is 38.7. The largest absolute Gasteiger partial charge is 0.492 e. The van der Waals surface area contributed by atoms with E-state index in [0.717, 1.165) is 99.0 Å². The molecule has 2 aliphatic carbocycles. The predicted molar refractivity (Wildman–Crippen MR) is 253 cm³/mol. The van der Waals surface area contributed by atoms with Crippen molar-refractivity contribution in [3.63, 3.8) is 0 Å². The maximum Gasteiger partial charge on any atom is 0.282 e. The molecule has 9 aliphatic rings. The van der Waals surface area contributed by atoms with Gasteiger partial charge in [0.05, 0.1) is 40.2 Å². The first-order valence-electron chi connectivity index (χ1n) is 25.1. The molecule has 7 aliphatic heterocycles. The molecule has 12 nitrogen and oxygen atoms in total. The Kier molecular flexibility index (Phi) is 9.64. The number of hydrogen-bond acceptors (Lipinski definition) is 9. The molecule has 344 valence electrons. The zero-order chi connectivity index (χ0) is 44.5. The van der Waals surface area contributed by atoms with Crippen molar-refractivity contribution in [2.75, 3.05) is 57.3 Å². The highest BCUT2D eigenvalue weighted by atomic mass is 35.5. The first-order chi connectivity index (χ1) is 32.1. The smallest absolute Gasteiger partial charge is 0.282 e. The third-order valence-corrected chi connectivity index (χ3v) is 18.8. The molecule has 2 saturated carbocycles. The first-order valence-corrected chi connectivity index (χ1v) is 25.5. The minimum Gasteiger partial charge on any atom is -0.492 e. The molecule has 13 heteroatoms. The van der Waals surface area contributed by atoms with Crippen molar-refractivity contribution in [2.24, 2.45) is 11.3 Å². The molecule has 0 unspecified atom stereocenters. The van der Waals surface area contributed by atoms with E-state index in [1.807, 2.05) is 18.2 Å². The van der Waals surface area contributed by atoms with Gasteiger partial charge >= 0.3 is 0 Å². The summed E-state index contributed by atoms with van der Waals surface area (Å²) in [5.41, 5.74) is 7.51. The van der Waals surface area contributed by atoms with Crippen LogP contribution in [0, 0.1) is 11.3 Å². The Balaban J connectivity index is 0.600. The monoisotopic (exact) mass is 909 g/mol. The summed E-state index contributed by atoms with van der Waals surface area (Å²) in [5, 5.41) is 3.40. The average Bonchev–Trinajstić information content (AvgIpc) is 3.94. The quantitative estimate of drug-likeness (QED) is 0.207. The van der Waals surface area contributed by atoms with Gasteiger partial charge in [0.1, 0.15) is 17.6 Å². The number of ether oxygens (including phenoxy) is 1. The summed E-state index contributed by atoms with van der Waals surface area (Å²) in [5.74, 6) is 1.72. The Labute approximate surface area is 391 Å². The number of hydrogen-bond donors (Lipinski definition) is 1. The van der Waals surface area contributed by atoms with Gasteiger partial charge in [0, 0.05) is 59.9 Å². The minimum atomic E-state index is -0.616. The predicted octanol–water partition coefficient (Wildman–Crippen LogP) is 7.25. The van der Waals surface area contributed by atoms with Crippen LogP contribution in [-0.4, -0.2) is 106 Å². The second-order valence-electron chi connectivity index (χ2n) is 21.8. The van der Waals surface area contributed by atoms with Crippen LogP contribution in [0.5, 0.6) is 5.75 Å². The number of carbonyl (C=O) groups is 3. The van der Waals surface area contributed by atoms with E-state index in [4.69, 9.17) is 21.3 Å². The van der Waals surface area contributed by atoms with Crippen molar-refractivity contribution in [2.45, 2.75) is 126 Å². The summed E-state index contributed by atoms with van der Waals surface area (Å²) < 4.78 is 8.72. The Hall–Kier alpha value is -4.78. The van der Waals surface area contributed by atoms with Crippen molar-refractivity contribution in [1.82, 2.24) is 29.6 Å². The molecule has 3 aromatic carbocycles. The summed E-state index contributed by atoms with van der Waals surface area (Å²) in [7, 11) is 0. The molecule has 66 heavy (non-hydrogen) atoms. The standard InChI is InChI=1S/C53H60ClN7O5/c54-40-5-4-6-42-45(40)48(64)56-50-53(15-2-1-3-16-53)39-27-34(7-10-41(39)61(42)50)58-21-13-33(14-22-58)30-57-23-17-51(18-24-57)28-35(29-51)59-25-19-52(20-26-59)32-66-46-37-31-60(43-11-12-44(62)55-47(43)63)49(65)36(37)8-9-38(46)52/h4-10,27,33,35,43H,1-3,11-26,28-32H2,(H,55,62,63)/t43-/m0/s1. The number of aromatic nitrogens is 2. The number of imide groups is 1. The van der Waals surface area contributed by atoms with Gasteiger partial charge in [0.15, 0.2) is 0 Å². The van der Waals surface area contributed by atoms with E-state index in [1.54, 1.807) is 11.0 Å². The molecule has 8 heterocycles. The van der Waals surface area contributed by atoms with Crippen molar-refractivity contribution in [1.29, 1.82) is 0 Å². The summed E-state index contributed by atoms with van der Waals surface area (Å²) in [6.45, 7) is 9.01. The van der Waals surface area contributed by atoms with Gasteiger partial charge in [-0.3, -0.25) is 29.1 Å². The van der Waals surface area contributed by atoms with E-state index in [2.05, 4.69) is 48.8 Å². The molecule has 1 N–H and O–H groups in total. The molecule has 4 aromatic rings. The Morgan fingerprint density at radius 1 is 0.818 bits per heavy atom. The second-order valence-corrected chi connectivity index (χ2v) is 22.2. The number of anilines is 1. The van der Waals surface area contributed by atoms with Crippen LogP contribution < -0.4 is 20.5 Å². The Morgan fingerprint density at radius 2 is 1.61 bits per heavy atom. The van der Waals surface area contributed by atoms with Crippen LogP contribution in [0.4, 0.5) is 5.69 Å². The van der Waals surface area contributed by atoms with E-state index in [-0.39, 0.29) is 40.5 Å². The number of rotatable bonds is 5. The number of carbonyl (C=O) groups excluding carboxylic acids is 3. The maximum atomic E-state index is 13.5. The summed E-state index contributed by atoms with van der Waals surface area (Å²) >= 11 is 6.60. The summed E-state index contributed by atoms with van der Waals surface area (Å²) in [6.07, 6.45) is 16.1. The molecular weight excluding hydrogens is 850 g/mol. The normalized spacial score (nSPS) is 25.8. The van der Waals surface area contributed by atoms with Gasteiger partial charge in [-0.05, 0) is 150 Å². The highest BCUT2D eigenvalue weighted by Gasteiger charge is 2.52. The Morgan fingerprint density at radius 3 is 2.38 bits per heavy atom. The molecule has 3 spiro atoms. The molecule has 1 aromatic heterocycles. The topological polar surface area (TPSA) is 120 Å². The highest BCUT2D eigenvalue weighted by Crippen LogP contribution is 2.55. The van der Waals surface area contributed by atoms with Crippen LogP contribution in [-0.2, 0) is 27.0 Å². The molecule has 3 amide bonds. The third-order valence-electron chi connectivity index (χ3n) is 18.5. The lowest BCUT2D eigenvalue weighted by molar-refractivity contribution is -0.136. The molecule has 0 bridgehead atoms. The van der Waals surface area contributed by atoms with Gasteiger partial charge < -0.3 is 24.3 Å². The van der Waals surface area contributed by atoms with Crippen LogP contribution in [0.15, 0.2) is 53.3 Å². The van der Waals surface area contributed by atoms with Crippen LogP contribution in [0.2, 0.25) is 5.02 Å². The lowest BCUT2D eigenvalue weighted by Crippen LogP contribution is -2.58. The summed E-state index contributed by atoms with van der Waals surface area (Å²) in [4.78, 5) is 65.9. The van der Waals surface area contributed by atoms with Crippen LogP contribution in [0.25, 0.3) is 16.6 Å². The van der Waals surface area contributed by atoms with E-state index in [9.17, 15) is 19.2 Å². The van der Waals surface area contributed by atoms with E-state index in [0.29, 0.717) is 47.0 Å². The van der Waals surface area contributed by atoms with Crippen molar-refractivity contribution >= 4 is 45.9 Å². The lowest BCUT2D eigenvalue weighted by Gasteiger charge is -2.57. The number of nitrogens with zero attached hydrogens (tertiary/aromatic N) is 6. The molecule has 13 rings (SSSR count). The van der Waals surface area contributed by atoms with E-state index < -0.39 is 6.04 Å². The fourth-order valence-electron chi connectivity index (χ4n) is 14.6. The summed E-state index contributed by atoms with van der Waals surface area (Å²) in [6, 6.07) is 17.0. The zero-order valence-electron chi connectivity index (χ0n) is 37.9. The van der Waals surface area contributed by atoms with E-state index in [1.165, 1.54) is 81.4 Å². The molecule has 1 atom stereocenters. The fourth-order valence-corrected chi connectivity index (χ4v) is 14.9. The minimum absolute atomic E-state index is 0.0215. The number of benzene rings is 3. The number of piperidine rings is 4. The highest BCUT2D eigenvalue weighted by molar-refractivity contribution is 6.35. The van der Waals surface area contributed by atoms with Crippen LogP contribution in [0.1, 0.15) is 129 Å². The Bertz CT molecular complexity index is 2750. The van der Waals surface area contributed by atoms with Gasteiger partial charge in [-0.25, -0.2) is 0 Å². The number of amides is 3. The lowest BCUT2D eigenvalue weighted by atomic mass is 9.59.